The number of carbonyl (C=O) groups excluding carboxylic acids is 2. The second-order valence-corrected chi connectivity index (χ2v) is 8.58. The van der Waals surface area contributed by atoms with Gasteiger partial charge < -0.3 is 14.2 Å². The summed E-state index contributed by atoms with van der Waals surface area (Å²) >= 11 is 7.26. The molecular formula is C22H21ClN4O4S. The molecular weight excluding hydrogens is 452 g/mol. The van der Waals surface area contributed by atoms with Gasteiger partial charge in [-0.15, -0.1) is 6.58 Å². The van der Waals surface area contributed by atoms with Crippen LogP contribution in [0.5, 0.6) is 0 Å². The predicted octanol–water partition coefficient (Wildman–Crippen LogP) is 2.91. The number of hydrogen-bond donors (Lipinski definition) is 0. The van der Waals surface area contributed by atoms with Crippen LogP contribution in [0.4, 0.5) is 0 Å². The van der Waals surface area contributed by atoms with Crippen molar-refractivity contribution in [3.63, 3.8) is 0 Å². The van der Waals surface area contributed by atoms with Gasteiger partial charge in [-0.3, -0.25) is 19.0 Å². The standard InChI is InChI=1S/C22H21ClN4O4S/c1-2-7-27-20(29)16-6-5-15(23)13-17(16)24-22(27)32-14-19(28)25-8-10-26(11-9-25)21(30)18-4-3-12-31-18/h2-6,12-13H,1,7-11,14H2. The summed E-state index contributed by atoms with van der Waals surface area (Å²) in [7, 11) is 0. The average molecular weight is 473 g/mol. The summed E-state index contributed by atoms with van der Waals surface area (Å²) < 4.78 is 6.66. The first kappa shape index (κ1) is 22.2. The number of carbonyl (C=O) groups is 2. The van der Waals surface area contributed by atoms with E-state index in [1.807, 2.05) is 0 Å². The first-order valence-electron chi connectivity index (χ1n) is 10.0. The molecule has 32 heavy (non-hydrogen) atoms. The molecule has 0 unspecified atom stereocenters. The van der Waals surface area contributed by atoms with Crippen molar-refractivity contribution < 1.29 is 14.0 Å². The van der Waals surface area contributed by atoms with Gasteiger partial charge in [0, 0.05) is 37.7 Å². The number of halogens is 1. The molecule has 0 aliphatic carbocycles. The number of thioether (sulfide) groups is 1. The second-order valence-electron chi connectivity index (χ2n) is 7.20. The number of allylic oxidation sites excluding steroid dienone is 1. The fourth-order valence-corrected chi connectivity index (χ4v) is 4.58. The van der Waals surface area contributed by atoms with Crippen LogP contribution >= 0.6 is 23.4 Å². The molecule has 3 heterocycles. The molecule has 8 nitrogen and oxygen atoms in total. The van der Waals surface area contributed by atoms with Crippen LogP contribution in [0.1, 0.15) is 10.6 Å². The molecule has 0 saturated carbocycles. The van der Waals surface area contributed by atoms with Gasteiger partial charge in [-0.2, -0.15) is 0 Å². The summed E-state index contributed by atoms with van der Waals surface area (Å²) in [6.07, 6.45) is 3.08. The molecule has 1 aromatic carbocycles. The third-order valence-electron chi connectivity index (χ3n) is 5.17. The van der Waals surface area contributed by atoms with Gasteiger partial charge in [0.15, 0.2) is 10.9 Å². The molecule has 1 fully saturated rings. The fourth-order valence-electron chi connectivity index (χ4n) is 3.51. The van der Waals surface area contributed by atoms with E-state index in [4.69, 9.17) is 16.0 Å². The van der Waals surface area contributed by atoms with Crippen molar-refractivity contribution in [1.82, 2.24) is 19.4 Å². The Bertz CT molecular complexity index is 1220. The van der Waals surface area contributed by atoms with Crippen molar-refractivity contribution in [2.24, 2.45) is 0 Å². The third kappa shape index (κ3) is 4.58. The monoisotopic (exact) mass is 472 g/mol. The van der Waals surface area contributed by atoms with E-state index in [-0.39, 0.29) is 29.7 Å². The van der Waals surface area contributed by atoms with Gasteiger partial charge in [-0.05, 0) is 30.3 Å². The Morgan fingerprint density at radius 1 is 1.19 bits per heavy atom. The van der Waals surface area contributed by atoms with E-state index in [2.05, 4.69) is 11.6 Å². The van der Waals surface area contributed by atoms with Gasteiger partial charge in [0.05, 0.1) is 22.9 Å². The molecule has 2 amide bonds. The normalized spacial score (nSPS) is 14.0. The van der Waals surface area contributed by atoms with Crippen molar-refractivity contribution in [1.29, 1.82) is 0 Å². The first-order chi connectivity index (χ1) is 15.5. The SMILES string of the molecule is C=CCn1c(SCC(=O)N2CCN(C(=O)c3ccco3)CC2)nc2cc(Cl)ccc2c1=O. The molecule has 0 N–H and O–H groups in total. The highest BCUT2D eigenvalue weighted by Gasteiger charge is 2.26. The Morgan fingerprint density at radius 3 is 2.62 bits per heavy atom. The highest BCUT2D eigenvalue weighted by Crippen LogP contribution is 2.21. The maximum absolute atomic E-state index is 12.9. The maximum atomic E-state index is 12.9. The zero-order valence-corrected chi connectivity index (χ0v) is 18.8. The predicted molar refractivity (Wildman–Crippen MR) is 123 cm³/mol. The molecule has 1 saturated heterocycles. The Labute approximate surface area is 193 Å². The molecule has 0 bridgehead atoms. The number of aromatic nitrogens is 2. The Hall–Kier alpha value is -3.04. The summed E-state index contributed by atoms with van der Waals surface area (Å²) in [5.74, 6) is 0.166. The number of fused-ring (bicyclic) bond motifs is 1. The van der Waals surface area contributed by atoms with E-state index in [0.717, 1.165) is 0 Å². The van der Waals surface area contributed by atoms with Gasteiger partial charge in [-0.25, -0.2) is 4.98 Å². The topological polar surface area (TPSA) is 88.7 Å². The number of hydrogen-bond acceptors (Lipinski definition) is 6. The van der Waals surface area contributed by atoms with Crippen molar-refractivity contribution in [2.45, 2.75) is 11.7 Å². The van der Waals surface area contributed by atoms with Gasteiger partial charge in [0.2, 0.25) is 5.91 Å². The van der Waals surface area contributed by atoms with Crippen molar-refractivity contribution >= 4 is 46.1 Å². The van der Waals surface area contributed by atoms with Gasteiger partial charge >= 0.3 is 0 Å². The number of nitrogens with zero attached hydrogens (tertiary/aromatic N) is 4. The highest BCUT2D eigenvalue weighted by atomic mass is 35.5. The van der Waals surface area contributed by atoms with Crippen molar-refractivity contribution in [3.05, 3.63) is 70.4 Å². The van der Waals surface area contributed by atoms with E-state index >= 15 is 0 Å². The molecule has 10 heteroatoms. The van der Waals surface area contributed by atoms with Crippen molar-refractivity contribution in [2.75, 3.05) is 31.9 Å². The second kappa shape index (κ2) is 9.62. The van der Waals surface area contributed by atoms with Crippen LogP contribution < -0.4 is 5.56 Å². The molecule has 1 aliphatic heterocycles. The average Bonchev–Trinajstić information content (AvgIpc) is 3.34. The largest absolute Gasteiger partial charge is 0.459 e. The third-order valence-corrected chi connectivity index (χ3v) is 6.37. The summed E-state index contributed by atoms with van der Waals surface area (Å²) in [6, 6.07) is 8.24. The molecule has 3 aromatic rings. The van der Waals surface area contributed by atoms with Crippen LogP contribution in [-0.2, 0) is 11.3 Å². The number of rotatable bonds is 6. The number of benzene rings is 1. The Balaban J connectivity index is 1.43. The smallest absolute Gasteiger partial charge is 0.289 e. The summed E-state index contributed by atoms with van der Waals surface area (Å²) in [4.78, 5) is 46.0. The molecule has 0 atom stereocenters. The van der Waals surface area contributed by atoms with E-state index in [9.17, 15) is 14.4 Å². The van der Waals surface area contributed by atoms with E-state index in [1.54, 1.807) is 46.2 Å². The van der Waals surface area contributed by atoms with E-state index in [0.29, 0.717) is 53.0 Å². The fraction of sp³-hybridized carbons (Fsp3) is 0.273. The lowest BCUT2D eigenvalue weighted by Gasteiger charge is -2.34. The minimum atomic E-state index is -0.202. The molecule has 166 valence electrons. The van der Waals surface area contributed by atoms with Gasteiger partial charge in [0.25, 0.3) is 11.5 Å². The minimum absolute atomic E-state index is 0.0781. The lowest BCUT2D eigenvalue weighted by molar-refractivity contribution is -0.129. The molecule has 2 aromatic heterocycles. The summed E-state index contributed by atoms with van der Waals surface area (Å²) in [6.45, 7) is 5.74. The molecule has 4 rings (SSSR count). The Kier molecular flexibility index (Phi) is 6.66. The maximum Gasteiger partial charge on any atom is 0.289 e. The molecule has 0 spiro atoms. The number of amides is 2. The van der Waals surface area contributed by atoms with Crippen LogP contribution in [0.3, 0.4) is 0 Å². The lowest BCUT2D eigenvalue weighted by atomic mass is 10.2. The molecule has 0 radical (unpaired) electrons. The van der Waals surface area contributed by atoms with Crippen LogP contribution in [-0.4, -0.2) is 63.1 Å². The zero-order valence-electron chi connectivity index (χ0n) is 17.2. The Morgan fingerprint density at radius 2 is 1.94 bits per heavy atom. The van der Waals surface area contributed by atoms with Crippen LogP contribution in [0, 0.1) is 0 Å². The van der Waals surface area contributed by atoms with Gasteiger partial charge in [0.1, 0.15) is 0 Å². The first-order valence-corrected chi connectivity index (χ1v) is 11.4. The summed E-state index contributed by atoms with van der Waals surface area (Å²) in [5.41, 5.74) is 0.286. The molecule has 1 aliphatic rings. The van der Waals surface area contributed by atoms with Crippen molar-refractivity contribution in [3.8, 4) is 0 Å². The van der Waals surface area contributed by atoms with Crippen LogP contribution in [0.15, 0.2) is 63.6 Å². The number of furan rings is 1. The highest BCUT2D eigenvalue weighted by molar-refractivity contribution is 7.99. The zero-order chi connectivity index (χ0) is 22.7. The lowest BCUT2D eigenvalue weighted by Crippen LogP contribution is -2.51. The summed E-state index contributed by atoms with van der Waals surface area (Å²) in [5, 5.41) is 1.38. The van der Waals surface area contributed by atoms with Crippen LogP contribution in [0.25, 0.3) is 10.9 Å². The van der Waals surface area contributed by atoms with E-state index < -0.39 is 0 Å². The number of piperazine rings is 1. The van der Waals surface area contributed by atoms with Gasteiger partial charge in [-0.1, -0.05) is 29.4 Å². The minimum Gasteiger partial charge on any atom is -0.459 e. The van der Waals surface area contributed by atoms with E-state index in [1.165, 1.54) is 22.6 Å². The van der Waals surface area contributed by atoms with Crippen LogP contribution in [0.2, 0.25) is 5.02 Å². The quantitative estimate of drug-likeness (QED) is 0.311.